The van der Waals surface area contributed by atoms with Gasteiger partial charge in [0, 0.05) is 43.6 Å². The van der Waals surface area contributed by atoms with Crippen molar-refractivity contribution in [2.45, 2.75) is 70.5 Å². The lowest BCUT2D eigenvalue weighted by Gasteiger charge is -2.37. The summed E-state index contributed by atoms with van der Waals surface area (Å²) in [5, 5.41) is 12.6. The van der Waals surface area contributed by atoms with Crippen molar-refractivity contribution in [1.82, 2.24) is 14.5 Å². The summed E-state index contributed by atoms with van der Waals surface area (Å²) in [6, 6.07) is 4.00. The van der Waals surface area contributed by atoms with Crippen LogP contribution in [0.2, 0.25) is 0 Å². The minimum absolute atomic E-state index is 0.00774. The number of nitrogens with one attached hydrogen (secondary N) is 1. The number of sulfonamides is 1. The van der Waals surface area contributed by atoms with Crippen molar-refractivity contribution in [3.63, 3.8) is 0 Å². The number of unbranched alkanes of at least 4 members (excludes halogenated alkanes) is 1. The molecule has 8 nitrogen and oxygen atoms in total. The first-order valence-electron chi connectivity index (χ1n) is 11.4. The lowest BCUT2D eigenvalue weighted by atomic mass is 10.0. The second-order valence-electron chi connectivity index (χ2n) is 8.94. The molecule has 0 spiro atoms. The molecule has 0 aliphatic carbocycles. The molecule has 0 aromatic heterocycles. The van der Waals surface area contributed by atoms with Gasteiger partial charge in [0.2, 0.25) is 10.0 Å². The van der Waals surface area contributed by atoms with Crippen LogP contribution in [0.3, 0.4) is 0 Å². The third-order valence-electron chi connectivity index (χ3n) is 5.49. The van der Waals surface area contributed by atoms with Crippen LogP contribution >= 0.6 is 0 Å². The number of aliphatic hydroxyl groups is 1. The number of likely N-dealkylation sites (N-methyl/N-ethyl adjacent to an activating group) is 1. The summed E-state index contributed by atoms with van der Waals surface area (Å²) in [6.07, 6.45) is 1.21. The highest BCUT2D eigenvalue weighted by molar-refractivity contribution is 7.89. The van der Waals surface area contributed by atoms with E-state index in [4.69, 9.17) is 4.74 Å². The molecule has 1 aliphatic heterocycles. The summed E-state index contributed by atoms with van der Waals surface area (Å²) < 4.78 is 34.5. The number of ether oxygens (including phenoxy) is 1. The van der Waals surface area contributed by atoms with Gasteiger partial charge in [-0.3, -0.25) is 0 Å². The maximum Gasteiger partial charge on any atom is 0.317 e. The molecule has 1 aliphatic rings. The van der Waals surface area contributed by atoms with Crippen LogP contribution in [0.5, 0.6) is 5.75 Å². The van der Waals surface area contributed by atoms with Gasteiger partial charge in [-0.15, -0.1) is 0 Å². The van der Waals surface area contributed by atoms with Gasteiger partial charge in [0.25, 0.3) is 0 Å². The largest absolute Gasteiger partial charge is 0.487 e. The van der Waals surface area contributed by atoms with Crippen molar-refractivity contribution < 1.29 is 23.1 Å². The highest BCUT2D eigenvalue weighted by Crippen LogP contribution is 2.34. The smallest absolute Gasteiger partial charge is 0.317 e. The first-order valence-corrected chi connectivity index (χ1v) is 12.9. The molecule has 2 amide bonds. The lowest BCUT2D eigenvalue weighted by molar-refractivity contribution is 0.0809. The summed E-state index contributed by atoms with van der Waals surface area (Å²) in [4.78, 5) is 14.0. The summed E-state index contributed by atoms with van der Waals surface area (Å²) in [5.41, 5.74) is 0.664. The highest BCUT2D eigenvalue weighted by atomic mass is 32.2. The molecule has 184 valence electrons. The predicted octanol–water partition coefficient (Wildman–Crippen LogP) is 2.66. The molecule has 0 unspecified atom stereocenters. The van der Waals surface area contributed by atoms with Crippen LogP contribution in [0.4, 0.5) is 4.79 Å². The average Bonchev–Trinajstić information content (AvgIpc) is 2.75. The number of urea groups is 1. The minimum atomic E-state index is -3.91. The number of hydrogen-bond donors (Lipinski definition) is 2. The molecule has 33 heavy (non-hydrogen) atoms. The van der Waals surface area contributed by atoms with Gasteiger partial charge in [-0.2, -0.15) is 4.31 Å². The van der Waals surface area contributed by atoms with Crippen molar-refractivity contribution in [1.29, 1.82) is 0 Å². The fraction of sp³-hybridized carbons (Fsp3) is 0.625. The number of carbonyl (C=O) groups is 1. The van der Waals surface area contributed by atoms with Gasteiger partial charge in [-0.05, 0) is 45.4 Å². The maximum absolute atomic E-state index is 13.5. The van der Waals surface area contributed by atoms with Gasteiger partial charge in [-0.25, -0.2) is 13.2 Å². The molecule has 1 heterocycles. The molecule has 3 atom stereocenters. The minimum Gasteiger partial charge on any atom is -0.487 e. The highest BCUT2D eigenvalue weighted by Gasteiger charge is 2.38. The number of hydrogen-bond acceptors (Lipinski definition) is 5. The van der Waals surface area contributed by atoms with E-state index >= 15 is 0 Å². The Kier molecular flexibility index (Phi) is 9.58. The molecule has 2 N–H and O–H groups in total. The Morgan fingerprint density at radius 2 is 2.06 bits per heavy atom. The summed E-state index contributed by atoms with van der Waals surface area (Å²) in [6.45, 7) is 9.51. The van der Waals surface area contributed by atoms with Crippen molar-refractivity contribution in [3.8, 4) is 17.6 Å². The molecular weight excluding hydrogens is 442 g/mol. The van der Waals surface area contributed by atoms with Gasteiger partial charge < -0.3 is 20.1 Å². The van der Waals surface area contributed by atoms with Crippen LogP contribution in [0, 0.1) is 17.8 Å². The van der Waals surface area contributed by atoms with Crippen LogP contribution in [0.25, 0.3) is 0 Å². The van der Waals surface area contributed by atoms with Gasteiger partial charge in [0.05, 0.1) is 13.2 Å². The fourth-order valence-corrected chi connectivity index (χ4v) is 5.35. The topological polar surface area (TPSA) is 99.2 Å². The van der Waals surface area contributed by atoms with E-state index in [1.165, 1.54) is 10.4 Å². The molecule has 1 aromatic rings. The molecule has 0 radical (unpaired) electrons. The zero-order valence-electron chi connectivity index (χ0n) is 20.5. The Hall–Kier alpha value is -2.28. The van der Waals surface area contributed by atoms with Gasteiger partial charge >= 0.3 is 6.03 Å². The van der Waals surface area contributed by atoms with E-state index in [0.29, 0.717) is 5.56 Å². The number of fused-ring (bicyclic) bond motifs is 1. The van der Waals surface area contributed by atoms with Crippen molar-refractivity contribution in [2.75, 3.05) is 26.7 Å². The number of amides is 2. The number of aliphatic hydroxyl groups excluding tert-OH is 1. The molecular formula is C24H37N3O5S. The van der Waals surface area contributed by atoms with E-state index in [9.17, 15) is 18.3 Å². The van der Waals surface area contributed by atoms with E-state index in [1.807, 2.05) is 27.7 Å². The standard InChI is InChI=1S/C24H37N3O5S/c1-7-8-9-10-20-11-12-23-21(13-20)32-22(15-26(6)24(29)25-17(2)3)18(4)14-27(19(5)16-28)33(23,30)31/h11-13,17-19,22,28H,7-8,14-16H2,1-6H3,(H,25,29)/t18-,19+,22-/m1/s1. The SMILES string of the molecule is CCCC#Cc1ccc2c(c1)O[C@H](CN(C)C(=O)NC(C)C)[C@H](C)CN([C@@H](C)CO)S2(=O)=O. The Balaban J connectivity index is 2.50. The van der Waals surface area contributed by atoms with E-state index in [0.717, 1.165) is 12.8 Å². The van der Waals surface area contributed by atoms with Gasteiger partial charge in [-0.1, -0.05) is 25.7 Å². The van der Waals surface area contributed by atoms with Gasteiger partial charge in [0.1, 0.15) is 16.7 Å². The third kappa shape index (κ3) is 6.85. The predicted molar refractivity (Wildman–Crippen MR) is 129 cm³/mol. The number of rotatable bonds is 6. The Morgan fingerprint density at radius 1 is 1.36 bits per heavy atom. The average molecular weight is 480 g/mol. The van der Waals surface area contributed by atoms with Crippen molar-refractivity contribution >= 4 is 16.1 Å². The Labute approximate surface area is 198 Å². The van der Waals surface area contributed by atoms with E-state index in [1.54, 1.807) is 31.0 Å². The maximum atomic E-state index is 13.5. The molecule has 0 bridgehead atoms. The monoisotopic (exact) mass is 479 g/mol. The number of carbonyl (C=O) groups excluding carboxylic acids is 1. The second-order valence-corrected chi connectivity index (χ2v) is 10.8. The zero-order valence-corrected chi connectivity index (χ0v) is 21.3. The fourth-order valence-electron chi connectivity index (χ4n) is 3.52. The molecule has 0 saturated heterocycles. The summed E-state index contributed by atoms with van der Waals surface area (Å²) in [7, 11) is -2.22. The van der Waals surface area contributed by atoms with Crippen LogP contribution in [0.15, 0.2) is 23.1 Å². The number of nitrogens with zero attached hydrogens (tertiary/aromatic N) is 2. The third-order valence-corrected chi connectivity index (χ3v) is 7.51. The summed E-state index contributed by atoms with van der Waals surface area (Å²) in [5.74, 6) is 6.09. The number of benzene rings is 1. The molecule has 2 rings (SSSR count). The van der Waals surface area contributed by atoms with Crippen LogP contribution in [-0.2, 0) is 10.0 Å². The lowest BCUT2D eigenvalue weighted by Crippen LogP contribution is -2.51. The Morgan fingerprint density at radius 3 is 2.67 bits per heavy atom. The second kappa shape index (κ2) is 11.7. The summed E-state index contributed by atoms with van der Waals surface area (Å²) >= 11 is 0. The first-order chi connectivity index (χ1) is 15.5. The van der Waals surface area contributed by atoms with Crippen LogP contribution in [0.1, 0.15) is 53.0 Å². The zero-order chi connectivity index (χ0) is 24.8. The van der Waals surface area contributed by atoms with E-state index in [-0.39, 0.29) is 48.3 Å². The molecule has 0 fully saturated rings. The van der Waals surface area contributed by atoms with Crippen LogP contribution < -0.4 is 10.1 Å². The Bertz CT molecular complexity index is 984. The van der Waals surface area contributed by atoms with Gasteiger partial charge in [0.15, 0.2) is 0 Å². The normalized spacial score (nSPS) is 21.0. The quantitative estimate of drug-likeness (QED) is 0.611. The van der Waals surface area contributed by atoms with Crippen LogP contribution in [-0.4, -0.2) is 73.7 Å². The molecule has 9 heteroatoms. The van der Waals surface area contributed by atoms with E-state index < -0.39 is 22.2 Å². The molecule has 1 aromatic carbocycles. The molecule has 0 saturated carbocycles. The van der Waals surface area contributed by atoms with E-state index in [2.05, 4.69) is 17.2 Å². The van der Waals surface area contributed by atoms with Crippen molar-refractivity contribution in [2.24, 2.45) is 5.92 Å². The first kappa shape index (κ1) is 27.0. The van der Waals surface area contributed by atoms with Crippen molar-refractivity contribution in [3.05, 3.63) is 23.8 Å².